The number of nitrogens with zero attached hydrogens (tertiary/aromatic N) is 1. The van der Waals surface area contributed by atoms with Crippen molar-refractivity contribution in [2.75, 3.05) is 12.4 Å². The second-order valence-electron chi connectivity index (χ2n) is 4.53. The zero-order chi connectivity index (χ0) is 15.1. The molecule has 0 aliphatic rings. The topological polar surface area (TPSA) is 62.1 Å². The Kier molecular flexibility index (Phi) is 4.94. The second-order valence-corrected chi connectivity index (χ2v) is 4.53. The Balaban J connectivity index is 2.13. The van der Waals surface area contributed by atoms with Gasteiger partial charge in [-0.15, -0.1) is 0 Å². The lowest BCUT2D eigenvalue weighted by Crippen LogP contribution is -2.09. The Bertz CT molecular complexity index is 674. The van der Waals surface area contributed by atoms with Gasteiger partial charge in [-0.2, -0.15) is 5.26 Å². The molecule has 0 aliphatic heterocycles. The summed E-state index contributed by atoms with van der Waals surface area (Å²) in [5, 5.41) is 12.3. The number of rotatable bonds is 5. The SMILES string of the molecule is COC(=O)Cc1ccccc1CNc1ccccc1C#N. The number of carbonyl (C=O) groups excluding carboxylic acids is 1. The van der Waals surface area contributed by atoms with Gasteiger partial charge in [0.15, 0.2) is 0 Å². The van der Waals surface area contributed by atoms with Gasteiger partial charge in [-0.05, 0) is 23.3 Å². The quantitative estimate of drug-likeness (QED) is 0.855. The van der Waals surface area contributed by atoms with Gasteiger partial charge in [0.2, 0.25) is 0 Å². The van der Waals surface area contributed by atoms with E-state index in [9.17, 15) is 4.79 Å². The molecule has 2 aromatic rings. The van der Waals surface area contributed by atoms with Crippen molar-refractivity contribution in [1.82, 2.24) is 0 Å². The summed E-state index contributed by atoms with van der Waals surface area (Å²) in [6.07, 6.45) is 0.244. The lowest BCUT2D eigenvalue weighted by atomic mass is 10.0. The Labute approximate surface area is 124 Å². The molecule has 0 amide bonds. The zero-order valence-corrected chi connectivity index (χ0v) is 11.8. The summed E-state index contributed by atoms with van der Waals surface area (Å²) in [6, 6.07) is 17.2. The smallest absolute Gasteiger partial charge is 0.309 e. The van der Waals surface area contributed by atoms with Crippen LogP contribution in [0, 0.1) is 11.3 Å². The van der Waals surface area contributed by atoms with E-state index in [1.165, 1.54) is 7.11 Å². The molecule has 0 spiro atoms. The van der Waals surface area contributed by atoms with Gasteiger partial charge in [-0.3, -0.25) is 4.79 Å². The fourth-order valence-corrected chi connectivity index (χ4v) is 2.06. The fraction of sp³-hybridized carbons (Fsp3) is 0.176. The van der Waals surface area contributed by atoms with Crippen molar-refractivity contribution in [3.8, 4) is 6.07 Å². The number of nitriles is 1. The first kappa shape index (κ1) is 14.6. The van der Waals surface area contributed by atoms with E-state index >= 15 is 0 Å². The van der Waals surface area contributed by atoms with E-state index in [1.54, 1.807) is 6.07 Å². The first-order chi connectivity index (χ1) is 10.2. The molecule has 0 bridgehead atoms. The highest BCUT2D eigenvalue weighted by Crippen LogP contribution is 2.17. The predicted molar refractivity (Wildman–Crippen MR) is 80.6 cm³/mol. The van der Waals surface area contributed by atoms with Gasteiger partial charge in [-0.1, -0.05) is 36.4 Å². The molecule has 4 nitrogen and oxygen atoms in total. The van der Waals surface area contributed by atoms with Crippen LogP contribution in [-0.4, -0.2) is 13.1 Å². The minimum Gasteiger partial charge on any atom is -0.469 e. The third kappa shape index (κ3) is 3.83. The summed E-state index contributed by atoms with van der Waals surface area (Å²) < 4.78 is 4.71. The van der Waals surface area contributed by atoms with Gasteiger partial charge in [0.1, 0.15) is 6.07 Å². The van der Waals surface area contributed by atoms with E-state index < -0.39 is 0 Å². The number of anilines is 1. The zero-order valence-electron chi connectivity index (χ0n) is 11.8. The molecular weight excluding hydrogens is 264 g/mol. The van der Waals surface area contributed by atoms with E-state index in [0.717, 1.165) is 16.8 Å². The fourth-order valence-electron chi connectivity index (χ4n) is 2.06. The minimum absolute atomic E-state index is 0.244. The standard InChI is InChI=1S/C17H16N2O2/c1-21-17(20)10-13-6-2-3-8-15(13)12-19-16-9-5-4-7-14(16)11-18/h2-9,19H,10,12H2,1H3. The summed E-state index contributed by atoms with van der Waals surface area (Å²) in [6.45, 7) is 0.547. The van der Waals surface area contributed by atoms with Crippen LogP contribution in [0.15, 0.2) is 48.5 Å². The number of carbonyl (C=O) groups is 1. The summed E-state index contributed by atoms with van der Waals surface area (Å²) in [4.78, 5) is 11.4. The van der Waals surface area contributed by atoms with Crippen molar-refractivity contribution in [3.63, 3.8) is 0 Å². The van der Waals surface area contributed by atoms with Crippen LogP contribution in [0.2, 0.25) is 0 Å². The molecule has 4 heteroatoms. The van der Waals surface area contributed by atoms with E-state index in [1.807, 2.05) is 42.5 Å². The highest BCUT2D eigenvalue weighted by Gasteiger charge is 2.08. The monoisotopic (exact) mass is 280 g/mol. The van der Waals surface area contributed by atoms with E-state index in [4.69, 9.17) is 10.00 Å². The first-order valence-electron chi connectivity index (χ1n) is 6.61. The van der Waals surface area contributed by atoms with Crippen LogP contribution in [0.4, 0.5) is 5.69 Å². The van der Waals surface area contributed by atoms with Crippen molar-refractivity contribution in [2.45, 2.75) is 13.0 Å². The largest absolute Gasteiger partial charge is 0.469 e. The first-order valence-corrected chi connectivity index (χ1v) is 6.61. The minimum atomic E-state index is -0.264. The van der Waals surface area contributed by atoms with E-state index in [2.05, 4.69) is 11.4 Å². The third-order valence-electron chi connectivity index (χ3n) is 3.20. The normalized spacial score (nSPS) is 9.71. The van der Waals surface area contributed by atoms with Crippen LogP contribution in [0.3, 0.4) is 0 Å². The third-order valence-corrected chi connectivity index (χ3v) is 3.20. The molecule has 2 aromatic carbocycles. The summed E-state index contributed by atoms with van der Waals surface area (Å²) >= 11 is 0. The van der Waals surface area contributed by atoms with Gasteiger partial charge >= 0.3 is 5.97 Å². The molecule has 0 aliphatic carbocycles. The van der Waals surface area contributed by atoms with Gasteiger partial charge in [0.05, 0.1) is 24.8 Å². The number of hydrogen-bond acceptors (Lipinski definition) is 4. The van der Waals surface area contributed by atoms with Crippen molar-refractivity contribution < 1.29 is 9.53 Å². The Morgan fingerprint density at radius 2 is 1.81 bits per heavy atom. The molecular formula is C17H16N2O2. The molecule has 0 atom stereocenters. The van der Waals surface area contributed by atoms with Crippen LogP contribution in [0.5, 0.6) is 0 Å². The van der Waals surface area contributed by atoms with Crippen LogP contribution in [0.25, 0.3) is 0 Å². The Morgan fingerprint density at radius 3 is 2.52 bits per heavy atom. The molecule has 0 fully saturated rings. The lowest BCUT2D eigenvalue weighted by Gasteiger charge is -2.11. The van der Waals surface area contributed by atoms with Gasteiger partial charge in [0.25, 0.3) is 0 Å². The number of esters is 1. The van der Waals surface area contributed by atoms with E-state index in [0.29, 0.717) is 12.1 Å². The summed E-state index contributed by atoms with van der Waals surface area (Å²) in [7, 11) is 1.38. The molecule has 21 heavy (non-hydrogen) atoms. The molecule has 0 heterocycles. The average molecular weight is 280 g/mol. The molecule has 2 rings (SSSR count). The van der Waals surface area contributed by atoms with Crippen LogP contribution < -0.4 is 5.32 Å². The summed E-state index contributed by atoms with van der Waals surface area (Å²) in [5.41, 5.74) is 3.32. The molecule has 0 radical (unpaired) electrons. The van der Waals surface area contributed by atoms with Crippen molar-refractivity contribution in [2.24, 2.45) is 0 Å². The number of para-hydroxylation sites is 1. The number of benzene rings is 2. The molecule has 0 saturated carbocycles. The van der Waals surface area contributed by atoms with Gasteiger partial charge in [0, 0.05) is 6.54 Å². The summed E-state index contributed by atoms with van der Waals surface area (Å²) in [5.74, 6) is -0.264. The average Bonchev–Trinajstić information content (AvgIpc) is 2.54. The number of hydrogen-bond donors (Lipinski definition) is 1. The second kappa shape index (κ2) is 7.11. The Hall–Kier alpha value is -2.80. The van der Waals surface area contributed by atoms with Crippen LogP contribution in [0.1, 0.15) is 16.7 Å². The number of ether oxygens (including phenoxy) is 1. The Morgan fingerprint density at radius 1 is 1.14 bits per heavy atom. The van der Waals surface area contributed by atoms with Gasteiger partial charge < -0.3 is 10.1 Å². The van der Waals surface area contributed by atoms with Gasteiger partial charge in [-0.25, -0.2) is 0 Å². The predicted octanol–water partition coefficient (Wildman–Crippen LogP) is 2.89. The maximum absolute atomic E-state index is 11.4. The van der Waals surface area contributed by atoms with E-state index in [-0.39, 0.29) is 12.4 Å². The molecule has 0 unspecified atom stereocenters. The molecule has 106 valence electrons. The number of methoxy groups -OCH3 is 1. The highest BCUT2D eigenvalue weighted by molar-refractivity contribution is 5.73. The van der Waals surface area contributed by atoms with Crippen LogP contribution >= 0.6 is 0 Å². The van der Waals surface area contributed by atoms with Crippen molar-refractivity contribution in [1.29, 1.82) is 5.26 Å². The molecule has 0 aromatic heterocycles. The molecule has 0 saturated heterocycles. The molecule has 1 N–H and O–H groups in total. The maximum atomic E-state index is 11.4. The lowest BCUT2D eigenvalue weighted by molar-refractivity contribution is -0.139. The number of nitrogens with one attached hydrogen (secondary N) is 1. The maximum Gasteiger partial charge on any atom is 0.309 e. The highest BCUT2D eigenvalue weighted by atomic mass is 16.5. The van der Waals surface area contributed by atoms with Crippen molar-refractivity contribution in [3.05, 3.63) is 65.2 Å². The van der Waals surface area contributed by atoms with Crippen molar-refractivity contribution >= 4 is 11.7 Å². The van der Waals surface area contributed by atoms with Crippen LogP contribution in [-0.2, 0) is 22.5 Å².